The van der Waals surface area contributed by atoms with Gasteiger partial charge >= 0.3 is 5.97 Å². The van der Waals surface area contributed by atoms with Crippen molar-refractivity contribution < 1.29 is 34.0 Å². The number of hydrogen-bond donors (Lipinski definition) is 2. The van der Waals surface area contributed by atoms with Crippen molar-refractivity contribution >= 4 is 5.97 Å². The van der Waals surface area contributed by atoms with Crippen LogP contribution < -0.4 is 0 Å². The lowest BCUT2D eigenvalue weighted by molar-refractivity contribution is -0.227. The summed E-state index contributed by atoms with van der Waals surface area (Å²) in [6.07, 6.45) is -4.42. The zero-order valence-corrected chi connectivity index (χ0v) is 12.9. The molecule has 7 nitrogen and oxygen atoms in total. The van der Waals surface area contributed by atoms with Gasteiger partial charge in [-0.05, 0) is 26.0 Å². The molecule has 5 atom stereocenters. The summed E-state index contributed by atoms with van der Waals surface area (Å²) in [5.74, 6) is -1.43. The van der Waals surface area contributed by atoms with Gasteiger partial charge in [-0.25, -0.2) is 4.79 Å². The number of ether oxygens (including phenoxy) is 4. The average molecular weight is 324 g/mol. The van der Waals surface area contributed by atoms with Crippen LogP contribution >= 0.6 is 0 Å². The molecule has 0 saturated carbocycles. The molecule has 2 aliphatic heterocycles. The van der Waals surface area contributed by atoms with Gasteiger partial charge in [-0.3, -0.25) is 0 Å². The Morgan fingerprint density at radius 1 is 1.30 bits per heavy atom. The summed E-state index contributed by atoms with van der Waals surface area (Å²) in [5.41, 5.74) is 0.381. The smallest absolute Gasteiger partial charge is 0.338 e. The standard InChI is InChI=1S/C16H20O7/c1-16(2)22-13-12(11(10(18)8-17)21-15(13)23-16)20-14(19)9-6-4-3-5-7-9/h3-7,10-13,15,17-18H,8H2,1-2H3/t10-,11-,12-,13-,15+/m1/s1. The van der Waals surface area contributed by atoms with Crippen molar-refractivity contribution in [2.75, 3.05) is 6.61 Å². The number of esters is 1. The van der Waals surface area contributed by atoms with E-state index in [2.05, 4.69) is 0 Å². The number of carbonyl (C=O) groups is 1. The first kappa shape index (κ1) is 16.4. The van der Waals surface area contributed by atoms with E-state index in [9.17, 15) is 15.0 Å². The molecule has 0 amide bonds. The molecule has 2 fully saturated rings. The normalized spacial score (nSPS) is 33.2. The number of hydrogen-bond acceptors (Lipinski definition) is 7. The van der Waals surface area contributed by atoms with E-state index in [1.165, 1.54) is 0 Å². The number of aliphatic hydroxyl groups is 2. The second-order valence-electron chi connectivity index (χ2n) is 6.06. The van der Waals surface area contributed by atoms with E-state index in [0.717, 1.165) is 0 Å². The Bertz CT molecular complexity index is 559. The molecule has 0 bridgehead atoms. The van der Waals surface area contributed by atoms with Gasteiger partial charge in [0.05, 0.1) is 12.2 Å². The first-order valence-electron chi connectivity index (χ1n) is 7.47. The first-order valence-corrected chi connectivity index (χ1v) is 7.47. The fourth-order valence-electron chi connectivity index (χ4n) is 2.82. The third-order valence-electron chi connectivity index (χ3n) is 3.85. The van der Waals surface area contributed by atoms with E-state index in [1.807, 2.05) is 0 Å². The molecule has 0 spiro atoms. The van der Waals surface area contributed by atoms with Crippen LogP contribution in [0.1, 0.15) is 24.2 Å². The molecule has 2 saturated heterocycles. The van der Waals surface area contributed by atoms with Gasteiger partial charge in [0.25, 0.3) is 0 Å². The summed E-state index contributed by atoms with van der Waals surface area (Å²) >= 11 is 0. The largest absolute Gasteiger partial charge is 0.453 e. The van der Waals surface area contributed by atoms with E-state index >= 15 is 0 Å². The Hall–Kier alpha value is -1.51. The number of fused-ring (bicyclic) bond motifs is 1. The fraction of sp³-hybridized carbons (Fsp3) is 0.562. The molecule has 2 aliphatic rings. The summed E-state index contributed by atoms with van der Waals surface area (Å²) in [6.45, 7) is 2.93. The predicted octanol–water partition coefficient (Wildman–Crippen LogP) is 0.442. The van der Waals surface area contributed by atoms with E-state index in [1.54, 1.807) is 44.2 Å². The Labute approximate surface area is 133 Å². The van der Waals surface area contributed by atoms with Crippen LogP contribution in [-0.2, 0) is 18.9 Å². The van der Waals surface area contributed by atoms with Crippen LogP contribution in [0.15, 0.2) is 30.3 Å². The average Bonchev–Trinajstić information content (AvgIpc) is 3.00. The van der Waals surface area contributed by atoms with Crippen molar-refractivity contribution in [3.63, 3.8) is 0 Å². The molecule has 0 radical (unpaired) electrons. The molecule has 1 aromatic rings. The van der Waals surface area contributed by atoms with Crippen LogP contribution in [0.2, 0.25) is 0 Å². The Morgan fingerprint density at radius 2 is 2.00 bits per heavy atom. The summed E-state index contributed by atoms with van der Waals surface area (Å²) in [4.78, 5) is 12.3. The predicted molar refractivity (Wildman–Crippen MR) is 77.4 cm³/mol. The molecule has 1 aromatic carbocycles. The van der Waals surface area contributed by atoms with Crippen LogP contribution in [-0.4, -0.2) is 59.3 Å². The lowest BCUT2D eigenvalue weighted by Crippen LogP contribution is -2.45. The zero-order chi connectivity index (χ0) is 16.6. The van der Waals surface area contributed by atoms with Gasteiger partial charge in [0.1, 0.15) is 12.2 Å². The lowest BCUT2D eigenvalue weighted by atomic mass is 10.1. The molecular formula is C16H20O7. The van der Waals surface area contributed by atoms with Crippen LogP contribution in [0.5, 0.6) is 0 Å². The van der Waals surface area contributed by atoms with E-state index in [-0.39, 0.29) is 0 Å². The van der Waals surface area contributed by atoms with Gasteiger partial charge in [-0.1, -0.05) is 18.2 Å². The lowest BCUT2D eigenvalue weighted by Gasteiger charge is -2.27. The molecule has 126 valence electrons. The SMILES string of the molecule is CC1(C)O[C@@H]2O[C@H]([C@H](O)CO)[C@@H](OC(=O)c3ccccc3)[C@H]2O1. The molecular weight excluding hydrogens is 304 g/mol. The number of rotatable bonds is 4. The Morgan fingerprint density at radius 3 is 2.65 bits per heavy atom. The maximum absolute atomic E-state index is 12.3. The van der Waals surface area contributed by atoms with E-state index < -0.39 is 49.1 Å². The van der Waals surface area contributed by atoms with Gasteiger partial charge in [-0.2, -0.15) is 0 Å². The van der Waals surface area contributed by atoms with Crippen molar-refractivity contribution in [2.24, 2.45) is 0 Å². The number of benzene rings is 1. The van der Waals surface area contributed by atoms with Gasteiger partial charge < -0.3 is 29.2 Å². The summed E-state index contributed by atoms with van der Waals surface area (Å²) in [5, 5.41) is 19.1. The Balaban J connectivity index is 1.79. The molecule has 0 aromatic heterocycles. The third-order valence-corrected chi connectivity index (χ3v) is 3.85. The minimum absolute atomic E-state index is 0.381. The second kappa shape index (κ2) is 6.18. The van der Waals surface area contributed by atoms with Crippen LogP contribution in [0.4, 0.5) is 0 Å². The topological polar surface area (TPSA) is 94.5 Å². The van der Waals surface area contributed by atoms with Crippen molar-refractivity contribution in [3.05, 3.63) is 35.9 Å². The van der Waals surface area contributed by atoms with Crippen LogP contribution in [0.25, 0.3) is 0 Å². The second-order valence-corrected chi connectivity index (χ2v) is 6.06. The molecule has 0 aliphatic carbocycles. The molecule has 2 heterocycles. The Kier molecular flexibility index (Phi) is 4.39. The highest BCUT2D eigenvalue weighted by molar-refractivity contribution is 5.89. The third kappa shape index (κ3) is 3.24. The summed E-state index contributed by atoms with van der Waals surface area (Å²) < 4.78 is 22.4. The fourth-order valence-corrected chi connectivity index (χ4v) is 2.82. The minimum atomic E-state index is -1.20. The monoisotopic (exact) mass is 324 g/mol. The quantitative estimate of drug-likeness (QED) is 0.776. The molecule has 23 heavy (non-hydrogen) atoms. The minimum Gasteiger partial charge on any atom is -0.453 e. The summed E-state index contributed by atoms with van der Waals surface area (Å²) in [7, 11) is 0. The van der Waals surface area contributed by atoms with Gasteiger partial charge in [-0.15, -0.1) is 0 Å². The van der Waals surface area contributed by atoms with Crippen molar-refractivity contribution in [1.29, 1.82) is 0 Å². The molecule has 0 unspecified atom stereocenters. The van der Waals surface area contributed by atoms with Gasteiger partial charge in [0.15, 0.2) is 24.3 Å². The number of carbonyl (C=O) groups excluding carboxylic acids is 1. The van der Waals surface area contributed by atoms with E-state index in [4.69, 9.17) is 18.9 Å². The molecule has 7 heteroatoms. The maximum Gasteiger partial charge on any atom is 0.338 e. The van der Waals surface area contributed by atoms with E-state index in [0.29, 0.717) is 5.56 Å². The maximum atomic E-state index is 12.3. The highest BCUT2D eigenvalue weighted by Gasteiger charge is 2.58. The molecule has 2 N–H and O–H groups in total. The van der Waals surface area contributed by atoms with Gasteiger partial charge in [0.2, 0.25) is 0 Å². The first-order chi connectivity index (χ1) is 10.9. The van der Waals surface area contributed by atoms with Gasteiger partial charge in [0, 0.05) is 0 Å². The van der Waals surface area contributed by atoms with Crippen molar-refractivity contribution in [3.8, 4) is 0 Å². The van der Waals surface area contributed by atoms with Crippen molar-refractivity contribution in [1.82, 2.24) is 0 Å². The highest BCUT2D eigenvalue weighted by atomic mass is 16.8. The van der Waals surface area contributed by atoms with Crippen LogP contribution in [0, 0.1) is 0 Å². The molecule has 3 rings (SSSR count). The van der Waals surface area contributed by atoms with Crippen molar-refractivity contribution in [2.45, 2.75) is 50.3 Å². The number of aliphatic hydroxyl groups excluding tert-OH is 2. The zero-order valence-electron chi connectivity index (χ0n) is 12.9. The highest BCUT2D eigenvalue weighted by Crippen LogP contribution is 2.39. The summed E-state index contributed by atoms with van der Waals surface area (Å²) in [6, 6.07) is 8.50. The van der Waals surface area contributed by atoms with Crippen LogP contribution in [0.3, 0.4) is 0 Å².